The first kappa shape index (κ1) is 9.66. The molecule has 1 fully saturated rings. The first-order valence-electron chi connectivity index (χ1n) is 5.32. The summed E-state index contributed by atoms with van der Waals surface area (Å²) in [5, 5.41) is 3.46. The van der Waals surface area contributed by atoms with Gasteiger partial charge in [-0.15, -0.1) is 0 Å². The second-order valence-electron chi connectivity index (χ2n) is 3.98. The molecule has 2 rings (SSSR count). The van der Waals surface area contributed by atoms with Crippen LogP contribution in [-0.2, 0) is 6.42 Å². The maximum Gasteiger partial charge on any atom is 0.123 e. The molecule has 0 spiro atoms. The molecule has 0 bridgehead atoms. The van der Waals surface area contributed by atoms with Crippen molar-refractivity contribution in [2.24, 2.45) is 0 Å². The summed E-state index contributed by atoms with van der Waals surface area (Å²) in [7, 11) is 0. The van der Waals surface area contributed by atoms with E-state index in [2.05, 4.69) is 5.32 Å². The molecule has 1 aliphatic rings. The molecule has 1 heterocycles. The zero-order valence-electron chi connectivity index (χ0n) is 8.30. The predicted molar refractivity (Wildman–Crippen MR) is 55.7 cm³/mol. The van der Waals surface area contributed by atoms with Gasteiger partial charge in [0.05, 0.1) is 0 Å². The van der Waals surface area contributed by atoms with E-state index >= 15 is 0 Å². The van der Waals surface area contributed by atoms with Crippen LogP contribution in [0.4, 0.5) is 4.39 Å². The van der Waals surface area contributed by atoms with Gasteiger partial charge in [0.15, 0.2) is 0 Å². The smallest absolute Gasteiger partial charge is 0.123 e. The van der Waals surface area contributed by atoms with Gasteiger partial charge in [-0.1, -0.05) is 18.6 Å². The number of piperidine rings is 1. The van der Waals surface area contributed by atoms with Gasteiger partial charge >= 0.3 is 0 Å². The molecule has 0 unspecified atom stereocenters. The monoisotopic (exact) mass is 193 g/mol. The summed E-state index contributed by atoms with van der Waals surface area (Å²) in [6.45, 7) is 1.11. The van der Waals surface area contributed by atoms with Gasteiger partial charge in [0, 0.05) is 6.04 Å². The van der Waals surface area contributed by atoms with Crippen molar-refractivity contribution < 1.29 is 4.39 Å². The lowest BCUT2D eigenvalue weighted by Crippen LogP contribution is -2.35. The molecule has 0 aliphatic carbocycles. The molecule has 1 N–H and O–H groups in total. The molecule has 0 aromatic heterocycles. The van der Waals surface area contributed by atoms with Crippen molar-refractivity contribution in [3.05, 3.63) is 35.6 Å². The van der Waals surface area contributed by atoms with Gasteiger partial charge in [0.2, 0.25) is 0 Å². The van der Waals surface area contributed by atoms with Crippen LogP contribution < -0.4 is 5.32 Å². The molecule has 0 radical (unpaired) electrons. The van der Waals surface area contributed by atoms with Gasteiger partial charge in [0.25, 0.3) is 0 Å². The minimum absolute atomic E-state index is 0.127. The summed E-state index contributed by atoms with van der Waals surface area (Å²) >= 11 is 0. The fraction of sp³-hybridized carbons (Fsp3) is 0.500. The molecule has 0 amide bonds. The summed E-state index contributed by atoms with van der Waals surface area (Å²) in [6, 6.07) is 7.46. The Labute approximate surface area is 84.3 Å². The number of nitrogens with one attached hydrogen (secondary N) is 1. The minimum atomic E-state index is -0.127. The van der Waals surface area contributed by atoms with E-state index in [-0.39, 0.29) is 5.82 Å². The number of hydrogen-bond acceptors (Lipinski definition) is 1. The van der Waals surface area contributed by atoms with Crippen LogP contribution in [0.15, 0.2) is 24.3 Å². The van der Waals surface area contributed by atoms with Crippen LogP contribution in [0, 0.1) is 5.82 Å². The van der Waals surface area contributed by atoms with Gasteiger partial charge in [-0.25, -0.2) is 4.39 Å². The first-order chi connectivity index (χ1) is 6.84. The predicted octanol–water partition coefficient (Wildman–Crippen LogP) is 2.51. The number of rotatable bonds is 2. The van der Waals surface area contributed by atoms with Gasteiger partial charge in [-0.3, -0.25) is 0 Å². The second kappa shape index (κ2) is 4.56. The lowest BCUT2D eigenvalue weighted by Gasteiger charge is -2.23. The van der Waals surface area contributed by atoms with Gasteiger partial charge in [-0.2, -0.15) is 0 Å². The molecular weight excluding hydrogens is 177 g/mol. The summed E-state index contributed by atoms with van der Waals surface area (Å²) < 4.78 is 12.9. The highest BCUT2D eigenvalue weighted by atomic mass is 19.1. The zero-order chi connectivity index (χ0) is 9.80. The summed E-state index contributed by atoms with van der Waals surface area (Å²) in [6.07, 6.45) is 4.75. The highest BCUT2D eigenvalue weighted by molar-refractivity contribution is 5.17. The minimum Gasteiger partial charge on any atom is -0.314 e. The summed E-state index contributed by atoms with van der Waals surface area (Å²) in [5.41, 5.74) is 1.10. The third-order valence-electron chi connectivity index (χ3n) is 2.78. The van der Waals surface area contributed by atoms with Crippen molar-refractivity contribution >= 4 is 0 Å². The van der Waals surface area contributed by atoms with E-state index in [9.17, 15) is 4.39 Å². The van der Waals surface area contributed by atoms with Crippen molar-refractivity contribution in [1.82, 2.24) is 5.32 Å². The maximum atomic E-state index is 12.9. The molecule has 0 saturated carbocycles. The van der Waals surface area contributed by atoms with E-state index in [4.69, 9.17) is 0 Å². The molecular formula is C12H16FN. The largest absolute Gasteiger partial charge is 0.314 e. The third kappa shape index (κ3) is 2.55. The van der Waals surface area contributed by atoms with Gasteiger partial charge in [0.1, 0.15) is 5.82 Å². The average Bonchev–Trinajstić information content (AvgIpc) is 2.19. The highest BCUT2D eigenvalue weighted by Gasteiger charge is 2.12. The number of hydrogen-bond donors (Lipinski definition) is 1. The summed E-state index contributed by atoms with van der Waals surface area (Å²) in [4.78, 5) is 0. The van der Waals surface area contributed by atoms with Crippen LogP contribution in [0.3, 0.4) is 0 Å². The molecule has 76 valence electrons. The standard InChI is InChI=1S/C12H16FN/c13-11-5-3-4-10(8-11)9-12-6-1-2-7-14-12/h3-5,8,12,14H,1-2,6-7,9H2/t12-/m0/s1. The van der Waals surface area contributed by atoms with E-state index in [1.807, 2.05) is 6.07 Å². The Balaban J connectivity index is 1.95. The first-order valence-corrected chi connectivity index (χ1v) is 5.32. The van der Waals surface area contributed by atoms with E-state index in [1.165, 1.54) is 25.3 Å². The Morgan fingerprint density at radius 3 is 3.00 bits per heavy atom. The molecule has 2 heteroatoms. The second-order valence-corrected chi connectivity index (χ2v) is 3.98. The Morgan fingerprint density at radius 1 is 1.36 bits per heavy atom. The van der Waals surface area contributed by atoms with E-state index in [0.29, 0.717) is 6.04 Å². The Bertz CT molecular complexity index is 292. The molecule has 1 saturated heterocycles. The van der Waals surface area contributed by atoms with Crippen LogP contribution in [0.25, 0.3) is 0 Å². The van der Waals surface area contributed by atoms with Gasteiger partial charge in [-0.05, 0) is 43.5 Å². The van der Waals surface area contributed by atoms with Crippen LogP contribution in [0.1, 0.15) is 24.8 Å². The lowest BCUT2D eigenvalue weighted by atomic mass is 9.98. The topological polar surface area (TPSA) is 12.0 Å². The van der Waals surface area contributed by atoms with Crippen molar-refractivity contribution in [3.8, 4) is 0 Å². The summed E-state index contributed by atoms with van der Waals surface area (Å²) in [5.74, 6) is -0.127. The quantitative estimate of drug-likeness (QED) is 0.761. The molecule has 1 aliphatic heterocycles. The molecule has 14 heavy (non-hydrogen) atoms. The lowest BCUT2D eigenvalue weighted by molar-refractivity contribution is 0.399. The van der Waals surface area contributed by atoms with Crippen LogP contribution in [0.5, 0.6) is 0 Å². The fourth-order valence-electron chi connectivity index (χ4n) is 2.05. The molecule has 1 aromatic rings. The normalized spacial score (nSPS) is 22.2. The van der Waals surface area contributed by atoms with Crippen LogP contribution in [0.2, 0.25) is 0 Å². The molecule has 1 atom stereocenters. The highest BCUT2D eigenvalue weighted by Crippen LogP contribution is 2.13. The average molecular weight is 193 g/mol. The fourth-order valence-corrected chi connectivity index (χ4v) is 2.05. The zero-order valence-corrected chi connectivity index (χ0v) is 8.30. The molecule has 1 nitrogen and oxygen atoms in total. The van der Waals surface area contributed by atoms with Crippen molar-refractivity contribution in [1.29, 1.82) is 0 Å². The SMILES string of the molecule is Fc1cccc(C[C@@H]2CCCCN2)c1. The Morgan fingerprint density at radius 2 is 2.29 bits per heavy atom. The van der Waals surface area contributed by atoms with E-state index in [0.717, 1.165) is 18.5 Å². The van der Waals surface area contributed by atoms with Crippen molar-refractivity contribution in [2.75, 3.05) is 6.54 Å². The van der Waals surface area contributed by atoms with Gasteiger partial charge < -0.3 is 5.32 Å². The number of benzene rings is 1. The molecule has 1 aromatic carbocycles. The number of halogens is 1. The third-order valence-corrected chi connectivity index (χ3v) is 2.78. The maximum absolute atomic E-state index is 12.9. The van der Waals surface area contributed by atoms with Crippen LogP contribution >= 0.6 is 0 Å². The van der Waals surface area contributed by atoms with E-state index < -0.39 is 0 Å². The van der Waals surface area contributed by atoms with Crippen molar-refractivity contribution in [2.45, 2.75) is 31.7 Å². The van der Waals surface area contributed by atoms with E-state index in [1.54, 1.807) is 12.1 Å². The Hall–Kier alpha value is -0.890. The Kier molecular flexibility index (Phi) is 3.14. The van der Waals surface area contributed by atoms with Crippen molar-refractivity contribution in [3.63, 3.8) is 0 Å². The van der Waals surface area contributed by atoms with Crippen LogP contribution in [-0.4, -0.2) is 12.6 Å².